The number of halogens is 1. The number of benzene rings is 1. The van der Waals surface area contributed by atoms with Gasteiger partial charge in [0.2, 0.25) is 0 Å². The number of carbonyl (C=O) groups excluding carboxylic acids is 2. The molecule has 1 amide bonds. The molecule has 1 rings (SSSR count). The Hall–Kier alpha value is -1.55. The molecule has 0 aliphatic carbocycles. The minimum Gasteiger partial charge on any atom is -0.480 e. The molecule has 0 saturated heterocycles. The third-order valence-electron chi connectivity index (χ3n) is 2.63. The minimum atomic E-state index is -0.672. The number of ether oxygens (including phenoxy) is 1. The molecule has 19 heavy (non-hydrogen) atoms. The summed E-state index contributed by atoms with van der Waals surface area (Å²) in [6.07, 6.45) is 1.89. The Labute approximate surface area is 118 Å². The zero-order valence-electron chi connectivity index (χ0n) is 11.1. The number of unbranched alkanes of at least 4 members (excludes halogenated alkanes) is 1. The molecule has 1 aromatic carbocycles. The summed E-state index contributed by atoms with van der Waals surface area (Å²) in [5.74, 6) is 0.117. The van der Waals surface area contributed by atoms with Crippen LogP contribution in [-0.2, 0) is 4.79 Å². The normalized spacial score (nSPS) is 11.7. The van der Waals surface area contributed by atoms with E-state index >= 15 is 0 Å². The maximum Gasteiger partial charge on any atom is 0.260 e. The summed E-state index contributed by atoms with van der Waals surface area (Å²) in [5, 5.41) is 3.08. The molecule has 0 saturated carbocycles. The second kappa shape index (κ2) is 7.79. The highest BCUT2D eigenvalue weighted by Crippen LogP contribution is 2.25. The van der Waals surface area contributed by atoms with Crippen LogP contribution in [0.15, 0.2) is 18.2 Å². The van der Waals surface area contributed by atoms with Gasteiger partial charge in [-0.15, -0.1) is 0 Å². The van der Waals surface area contributed by atoms with E-state index in [2.05, 4.69) is 12.2 Å². The lowest BCUT2D eigenvalue weighted by atomic mass is 10.2. The second-order valence-electron chi connectivity index (χ2n) is 4.17. The summed E-state index contributed by atoms with van der Waals surface area (Å²) in [7, 11) is 0. The number of amides is 1. The quantitative estimate of drug-likeness (QED) is 0.618. The standard InChI is InChI=1S/C14H18ClNO3/c1-3-4-8-16-14(18)10(2)19-13-7-5-6-12(15)11(13)9-17/h5-7,9-10H,3-4,8H2,1-2H3,(H,16,18). The summed E-state index contributed by atoms with van der Waals surface area (Å²) >= 11 is 5.88. The average molecular weight is 284 g/mol. The molecule has 1 unspecified atom stereocenters. The molecule has 104 valence electrons. The number of nitrogens with one attached hydrogen (secondary N) is 1. The lowest BCUT2D eigenvalue weighted by Gasteiger charge is -2.16. The van der Waals surface area contributed by atoms with Gasteiger partial charge in [0.1, 0.15) is 5.75 Å². The van der Waals surface area contributed by atoms with Crippen LogP contribution < -0.4 is 10.1 Å². The SMILES string of the molecule is CCCCNC(=O)C(C)Oc1cccc(Cl)c1C=O. The smallest absolute Gasteiger partial charge is 0.260 e. The summed E-state index contributed by atoms with van der Waals surface area (Å²) in [6, 6.07) is 4.89. The van der Waals surface area contributed by atoms with Gasteiger partial charge < -0.3 is 10.1 Å². The van der Waals surface area contributed by atoms with Crippen LogP contribution in [0.3, 0.4) is 0 Å². The highest BCUT2D eigenvalue weighted by Gasteiger charge is 2.16. The Morgan fingerprint density at radius 2 is 2.26 bits per heavy atom. The molecule has 0 aliphatic rings. The lowest BCUT2D eigenvalue weighted by Crippen LogP contribution is -2.36. The molecule has 1 atom stereocenters. The lowest BCUT2D eigenvalue weighted by molar-refractivity contribution is -0.127. The van der Waals surface area contributed by atoms with Gasteiger partial charge in [0.25, 0.3) is 5.91 Å². The average Bonchev–Trinajstić information content (AvgIpc) is 2.39. The van der Waals surface area contributed by atoms with Crippen molar-refractivity contribution in [3.05, 3.63) is 28.8 Å². The van der Waals surface area contributed by atoms with Crippen molar-refractivity contribution in [2.24, 2.45) is 0 Å². The van der Waals surface area contributed by atoms with Gasteiger partial charge in [-0.1, -0.05) is 31.0 Å². The van der Waals surface area contributed by atoms with Crippen LogP contribution in [0.1, 0.15) is 37.0 Å². The molecule has 0 aliphatic heterocycles. The van der Waals surface area contributed by atoms with Crippen LogP contribution >= 0.6 is 11.6 Å². The van der Waals surface area contributed by atoms with Crippen molar-refractivity contribution in [2.75, 3.05) is 6.54 Å². The largest absolute Gasteiger partial charge is 0.480 e. The van der Waals surface area contributed by atoms with Crippen LogP contribution in [-0.4, -0.2) is 24.8 Å². The molecule has 0 fully saturated rings. The number of rotatable bonds is 7. The van der Waals surface area contributed by atoms with Gasteiger partial charge >= 0.3 is 0 Å². The second-order valence-corrected chi connectivity index (χ2v) is 4.58. The molecule has 0 spiro atoms. The Morgan fingerprint density at radius 3 is 2.89 bits per heavy atom. The van der Waals surface area contributed by atoms with Crippen LogP contribution in [0, 0.1) is 0 Å². The topological polar surface area (TPSA) is 55.4 Å². The van der Waals surface area contributed by atoms with Crippen LogP contribution in [0.5, 0.6) is 5.75 Å². The predicted molar refractivity (Wildman–Crippen MR) is 74.8 cm³/mol. The zero-order chi connectivity index (χ0) is 14.3. The maximum atomic E-state index is 11.7. The van der Waals surface area contributed by atoms with E-state index in [-0.39, 0.29) is 11.5 Å². The van der Waals surface area contributed by atoms with Gasteiger partial charge in [0, 0.05) is 6.54 Å². The fraction of sp³-hybridized carbons (Fsp3) is 0.429. The van der Waals surface area contributed by atoms with Crippen molar-refractivity contribution >= 4 is 23.8 Å². The first-order chi connectivity index (χ1) is 9.10. The van der Waals surface area contributed by atoms with E-state index in [0.29, 0.717) is 23.6 Å². The third kappa shape index (κ3) is 4.56. The molecule has 1 N–H and O–H groups in total. The molecule has 4 nitrogen and oxygen atoms in total. The summed E-state index contributed by atoms with van der Waals surface area (Å²) < 4.78 is 5.48. The summed E-state index contributed by atoms with van der Waals surface area (Å²) in [5.41, 5.74) is 0.261. The van der Waals surface area contributed by atoms with Gasteiger partial charge in [0.15, 0.2) is 12.4 Å². The first kappa shape index (κ1) is 15.5. The van der Waals surface area contributed by atoms with E-state index in [9.17, 15) is 9.59 Å². The van der Waals surface area contributed by atoms with E-state index in [1.807, 2.05) is 0 Å². The summed E-state index contributed by atoms with van der Waals surface area (Å²) in [4.78, 5) is 22.7. The van der Waals surface area contributed by atoms with Crippen LogP contribution in [0.2, 0.25) is 5.02 Å². The van der Waals surface area contributed by atoms with E-state index in [4.69, 9.17) is 16.3 Å². The summed E-state index contributed by atoms with van der Waals surface area (Å²) in [6.45, 7) is 4.31. The Balaban J connectivity index is 2.66. The number of carbonyl (C=O) groups is 2. The Kier molecular flexibility index (Phi) is 6.36. The van der Waals surface area contributed by atoms with E-state index < -0.39 is 6.10 Å². The van der Waals surface area contributed by atoms with Crippen molar-refractivity contribution in [3.63, 3.8) is 0 Å². The van der Waals surface area contributed by atoms with Crippen LogP contribution in [0.25, 0.3) is 0 Å². The Morgan fingerprint density at radius 1 is 1.53 bits per heavy atom. The van der Waals surface area contributed by atoms with Gasteiger partial charge in [0.05, 0.1) is 10.6 Å². The Bertz CT molecular complexity index is 448. The van der Waals surface area contributed by atoms with Crippen LogP contribution in [0.4, 0.5) is 0 Å². The van der Waals surface area contributed by atoms with Crippen molar-refractivity contribution in [1.82, 2.24) is 5.32 Å². The molecule has 0 aromatic heterocycles. The zero-order valence-corrected chi connectivity index (χ0v) is 11.9. The van der Waals surface area contributed by atoms with Gasteiger partial charge in [-0.05, 0) is 25.5 Å². The first-order valence-electron chi connectivity index (χ1n) is 6.28. The fourth-order valence-electron chi connectivity index (χ4n) is 1.51. The van der Waals surface area contributed by atoms with Gasteiger partial charge in [-0.2, -0.15) is 0 Å². The molecule has 0 bridgehead atoms. The molecular weight excluding hydrogens is 266 g/mol. The molecule has 0 heterocycles. The predicted octanol–water partition coefficient (Wildman–Crippen LogP) is 2.84. The van der Waals surface area contributed by atoms with E-state index in [1.165, 1.54) is 0 Å². The minimum absolute atomic E-state index is 0.203. The first-order valence-corrected chi connectivity index (χ1v) is 6.66. The van der Waals surface area contributed by atoms with Crippen molar-refractivity contribution < 1.29 is 14.3 Å². The highest BCUT2D eigenvalue weighted by molar-refractivity contribution is 6.33. The van der Waals surface area contributed by atoms with E-state index in [1.54, 1.807) is 25.1 Å². The molecular formula is C14H18ClNO3. The maximum absolute atomic E-state index is 11.7. The fourth-order valence-corrected chi connectivity index (χ4v) is 1.72. The number of hydrogen-bond donors (Lipinski definition) is 1. The van der Waals surface area contributed by atoms with E-state index in [0.717, 1.165) is 12.8 Å². The molecule has 1 aromatic rings. The monoisotopic (exact) mass is 283 g/mol. The van der Waals surface area contributed by atoms with Crippen molar-refractivity contribution in [1.29, 1.82) is 0 Å². The number of hydrogen-bond acceptors (Lipinski definition) is 3. The van der Waals surface area contributed by atoms with Gasteiger partial charge in [-0.25, -0.2) is 0 Å². The highest BCUT2D eigenvalue weighted by atomic mass is 35.5. The third-order valence-corrected chi connectivity index (χ3v) is 2.96. The van der Waals surface area contributed by atoms with Gasteiger partial charge in [-0.3, -0.25) is 9.59 Å². The molecule has 5 heteroatoms. The molecule has 0 radical (unpaired) electrons. The van der Waals surface area contributed by atoms with Crippen molar-refractivity contribution in [2.45, 2.75) is 32.8 Å². The van der Waals surface area contributed by atoms with Crippen molar-refractivity contribution in [3.8, 4) is 5.75 Å². The number of aldehydes is 1.